The van der Waals surface area contributed by atoms with Crippen LogP contribution in [0, 0.1) is 0 Å². The average Bonchev–Trinajstić information content (AvgIpc) is 2.41. The summed E-state index contributed by atoms with van der Waals surface area (Å²) in [5, 5.41) is 9.79. The molecule has 0 aromatic heterocycles. The molecule has 3 N–H and O–H groups in total. The molecule has 0 heterocycles. The summed E-state index contributed by atoms with van der Waals surface area (Å²) in [6.45, 7) is -0.789. The van der Waals surface area contributed by atoms with Crippen LogP contribution in [0.25, 0.3) is 0 Å². The van der Waals surface area contributed by atoms with E-state index in [1.54, 1.807) is 0 Å². The third kappa shape index (κ3) is 1.16. The van der Waals surface area contributed by atoms with Gasteiger partial charge in [-0.25, -0.2) is 4.39 Å². The Balaban J connectivity index is 2.43. The van der Waals surface area contributed by atoms with Gasteiger partial charge in [0.05, 0.1) is 6.04 Å². The molecule has 2 rings (SSSR count). The largest absolute Gasteiger partial charge is 0.385 e. The molecule has 0 aliphatic heterocycles. The van der Waals surface area contributed by atoms with Crippen molar-refractivity contribution in [2.24, 2.45) is 5.73 Å². The van der Waals surface area contributed by atoms with Gasteiger partial charge in [-0.3, -0.25) is 0 Å². The number of benzene rings is 1. The van der Waals surface area contributed by atoms with Gasteiger partial charge in [0.2, 0.25) is 0 Å². The smallest absolute Gasteiger partial charge is 0.120 e. The minimum atomic E-state index is -1.39. The first kappa shape index (κ1) is 8.66. The van der Waals surface area contributed by atoms with Crippen molar-refractivity contribution >= 4 is 0 Å². The van der Waals surface area contributed by atoms with Crippen molar-refractivity contribution in [3.8, 4) is 0 Å². The van der Waals surface area contributed by atoms with Gasteiger partial charge in [-0.15, -0.1) is 0 Å². The molecule has 2 unspecified atom stereocenters. The van der Waals surface area contributed by atoms with Crippen LogP contribution in [0.4, 0.5) is 4.39 Å². The van der Waals surface area contributed by atoms with E-state index < -0.39 is 18.3 Å². The number of aliphatic hydroxyl groups is 1. The predicted molar refractivity (Wildman–Crippen MR) is 48.0 cm³/mol. The Morgan fingerprint density at radius 2 is 2.23 bits per heavy atom. The van der Waals surface area contributed by atoms with Gasteiger partial charge < -0.3 is 10.8 Å². The van der Waals surface area contributed by atoms with Crippen molar-refractivity contribution in [1.29, 1.82) is 0 Å². The number of hydrogen-bond donors (Lipinski definition) is 2. The van der Waals surface area contributed by atoms with E-state index in [1.807, 2.05) is 24.3 Å². The van der Waals surface area contributed by atoms with E-state index in [2.05, 4.69) is 0 Å². The third-order valence-corrected chi connectivity index (χ3v) is 2.70. The maximum Gasteiger partial charge on any atom is 0.120 e. The van der Waals surface area contributed by atoms with Crippen LogP contribution in [-0.2, 0) is 6.42 Å². The van der Waals surface area contributed by atoms with E-state index >= 15 is 0 Å². The predicted octanol–water partition coefficient (Wildman–Crippen LogP) is 0.943. The van der Waals surface area contributed by atoms with Crippen LogP contribution >= 0.6 is 0 Å². The summed E-state index contributed by atoms with van der Waals surface area (Å²) >= 11 is 0. The minimum absolute atomic E-state index is 0.320. The van der Waals surface area contributed by atoms with Crippen molar-refractivity contribution in [2.45, 2.75) is 18.1 Å². The quantitative estimate of drug-likeness (QED) is 0.677. The summed E-state index contributed by atoms with van der Waals surface area (Å²) < 4.78 is 12.6. The van der Waals surface area contributed by atoms with Crippen molar-refractivity contribution in [3.63, 3.8) is 0 Å². The van der Waals surface area contributed by atoms with E-state index in [1.165, 1.54) is 0 Å². The first-order valence-corrected chi connectivity index (χ1v) is 4.29. The van der Waals surface area contributed by atoms with Crippen molar-refractivity contribution in [1.82, 2.24) is 0 Å². The van der Waals surface area contributed by atoms with Crippen molar-refractivity contribution in [3.05, 3.63) is 35.4 Å². The van der Waals surface area contributed by atoms with Gasteiger partial charge in [0.15, 0.2) is 0 Å². The number of halogens is 1. The molecule has 70 valence electrons. The molecule has 2 nitrogen and oxygen atoms in total. The fourth-order valence-corrected chi connectivity index (χ4v) is 1.86. The lowest BCUT2D eigenvalue weighted by molar-refractivity contribution is 0.00199. The molecule has 1 aliphatic rings. The first-order chi connectivity index (χ1) is 6.17. The van der Waals surface area contributed by atoms with Crippen LogP contribution in [-0.4, -0.2) is 17.4 Å². The number of alkyl halides is 1. The van der Waals surface area contributed by atoms with E-state index in [-0.39, 0.29) is 0 Å². The topological polar surface area (TPSA) is 46.2 Å². The summed E-state index contributed by atoms with van der Waals surface area (Å²) in [5.74, 6) is 0. The van der Waals surface area contributed by atoms with Crippen LogP contribution in [0.2, 0.25) is 0 Å². The molecule has 0 fully saturated rings. The molecule has 0 saturated carbocycles. The Morgan fingerprint density at radius 1 is 1.54 bits per heavy atom. The zero-order chi connectivity index (χ0) is 9.47. The highest BCUT2D eigenvalue weighted by molar-refractivity contribution is 5.38. The Hall–Kier alpha value is -0.930. The van der Waals surface area contributed by atoms with Crippen LogP contribution in [0.15, 0.2) is 24.3 Å². The fraction of sp³-hybridized carbons (Fsp3) is 0.400. The molecule has 1 aromatic carbocycles. The van der Waals surface area contributed by atoms with Crippen LogP contribution in [0.3, 0.4) is 0 Å². The highest BCUT2D eigenvalue weighted by atomic mass is 19.1. The Bertz CT molecular complexity index is 328. The molecular formula is C10H12FNO. The summed E-state index contributed by atoms with van der Waals surface area (Å²) in [5.41, 5.74) is 6.18. The van der Waals surface area contributed by atoms with Gasteiger partial charge in [0.25, 0.3) is 0 Å². The summed E-state index contributed by atoms with van der Waals surface area (Å²) in [6, 6.07) is 6.85. The van der Waals surface area contributed by atoms with Gasteiger partial charge >= 0.3 is 0 Å². The lowest BCUT2D eigenvalue weighted by Crippen LogP contribution is -2.40. The number of fused-ring (bicyclic) bond motifs is 1. The second-order valence-corrected chi connectivity index (χ2v) is 3.59. The minimum Gasteiger partial charge on any atom is -0.385 e. The first-order valence-electron chi connectivity index (χ1n) is 4.29. The van der Waals surface area contributed by atoms with Crippen LogP contribution < -0.4 is 5.73 Å². The van der Waals surface area contributed by atoms with Crippen molar-refractivity contribution < 1.29 is 9.50 Å². The van der Waals surface area contributed by atoms with Crippen LogP contribution in [0.1, 0.15) is 17.2 Å². The van der Waals surface area contributed by atoms with E-state index in [9.17, 15) is 9.50 Å². The molecule has 0 saturated heterocycles. The van der Waals surface area contributed by atoms with Gasteiger partial charge in [-0.1, -0.05) is 24.3 Å². The number of rotatable bonds is 1. The maximum absolute atomic E-state index is 12.6. The molecule has 1 aliphatic carbocycles. The Morgan fingerprint density at radius 3 is 2.85 bits per heavy atom. The van der Waals surface area contributed by atoms with E-state index in [4.69, 9.17) is 5.73 Å². The second-order valence-electron chi connectivity index (χ2n) is 3.59. The monoisotopic (exact) mass is 181 g/mol. The number of hydrogen-bond acceptors (Lipinski definition) is 2. The normalized spacial score (nSPS) is 31.8. The highest BCUT2D eigenvalue weighted by Crippen LogP contribution is 2.37. The Labute approximate surface area is 76.2 Å². The van der Waals surface area contributed by atoms with Crippen LogP contribution in [0.5, 0.6) is 0 Å². The molecule has 0 amide bonds. The average molecular weight is 181 g/mol. The highest BCUT2D eigenvalue weighted by Gasteiger charge is 2.42. The SMILES string of the molecule is NC1c2ccccc2CC1(O)CF. The van der Waals surface area contributed by atoms with E-state index in [0.29, 0.717) is 6.42 Å². The summed E-state index contributed by atoms with van der Waals surface area (Å²) in [7, 11) is 0. The molecular weight excluding hydrogens is 169 g/mol. The molecule has 0 spiro atoms. The fourth-order valence-electron chi connectivity index (χ4n) is 1.86. The van der Waals surface area contributed by atoms with Crippen molar-refractivity contribution in [2.75, 3.05) is 6.67 Å². The number of nitrogens with two attached hydrogens (primary N) is 1. The molecule has 2 atom stereocenters. The lowest BCUT2D eigenvalue weighted by atomic mass is 9.98. The zero-order valence-corrected chi connectivity index (χ0v) is 7.20. The van der Waals surface area contributed by atoms with Gasteiger partial charge in [0, 0.05) is 6.42 Å². The van der Waals surface area contributed by atoms with E-state index in [0.717, 1.165) is 11.1 Å². The maximum atomic E-state index is 12.6. The third-order valence-electron chi connectivity index (χ3n) is 2.70. The summed E-state index contributed by atoms with van der Waals surface area (Å²) in [6.07, 6.45) is 0.320. The molecule has 1 aromatic rings. The molecule has 0 radical (unpaired) electrons. The zero-order valence-electron chi connectivity index (χ0n) is 7.20. The standard InChI is InChI=1S/C10H12FNO/c11-6-10(13)5-7-3-1-2-4-8(7)9(10)12/h1-4,9,13H,5-6,12H2. The lowest BCUT2D eigenvalue weighted by Gasteiger charge is -2.23. The van der Waals surface area contributed by atoms with Gasteiger partial charge in [-0.05, 0) is 11.1 Å². The molecule has 0 bridgehead atoms. The second kappa shape index (κ2) is 2.79. The summed E-state index contributed by atoms with van der Waals surface area (Å²) in [4.78, 5) is 0. The Kier molecular flexibility index (Phi) is 1.86. The van der Waals surface area contributed by atoms with Gasteiger partial charge in [-0.2, -0.15) is 0 Å². The van der Waals surface area contributed by atoms with Gasteiger partial charge in [0.1, 0.15) is 12.3 Å². The molecule has 13 heavy (non-hydrogen) atoms. The molecule has 3 heteroatoms.